The molecule has 0 bridgehead atoms. The predicted octanol–water partition coefficient (Wildman–Crippen LogP) is 6.18. The van der Waals surface area contributed by atoms with Gasteiger partial charge in [0.2, 0.25) is 5.91 Å². The molecule has 1 saturated heterocycles. The van der Waals surface area contributed by atoms with E-state index < -0.39 is 24.1 Å². The van der Waals surface area contributed by atoms with Gasteiger partial charge in [0.25, 0.3) is 0 Å². The molecular weight excluding hydrogens is 507 g/mol. The Morgan fingerprint density at radius 1 is 0.925 bits per heavy atom. The molecule has 2 heterocycles. The van der Waals surface area contributed by atoms with Gasteiger partial charge in [0.15, 0.2) is 0 Å². The second kappa shape index (κ2) is 10.6. The van der Waals surface area contributed by atoms with E-state index in [1.165, 1.54) is 12.1 Å². The Balaban J connectivity index is 1.31. The molecular formula is C32H27FN4O3. The second-order valence-electron chi connectivity index (χ2n) is 9.86. The second-order valence-corrected chi connectivity index (χ2v) is 9.86. The third-order valence-electron chi connectivity index (χ3n) is 7.32. The van der Waals surface area contributed by atoms with Crippen molar-refractivity contribution in [2.75, 3.05) is 4.90 Å². The molecule has 0 radical (unpaired) electrons. The van der Waals surface area contributed by atoms with E-state index in [0.29, 0.717) is 5.69 Å². The zero-order valence-corrected chi connectivity index (χ0v) is 21.8. The number of amides is 2. The van der Waals surface area contributed by atoms with Crippen molar-refractivity contribution in [1.29, 1.82) is 0 Å². The molecule has 0 saturated carbocycles. The Bertz CT molecular complexity index is 1650. The number of ether oxygens (including phenoxy) is 1. The Morgan fingerprint density at radius 2 is 1.60 bits per heavy atom. The smallest absolute Gasteiger partial charge is 0.407 e. The number of alkyl carbamates (subject to hydrolysis) is 1. The van der Waals surface area contributed by atoms with Crippen LogP contribution in [0, 0.1) is 11.7 Å². The van der Waals surface area contributed by atoms with Crippen LogP contribution >= 0.6 is 0 Å². The zero-order valence-electron chi connectivity index (χ0n) is 21.8. The van der Waals surface area contributed by atoms with Gasteiger partial charge in [-0.2, -0.15) is 5.10 Å². The minimum atomic E-state index is -0.577. The molecule has 7 nitrogen and oxygen atoms in total. The van der Waals surface area contributed by atoms with E-state index in [9.17, 15) is 14.0 Å². The molecule has 2 amide bonds. The lowest BCUT2D eigenvalue weighted by molar-refractivity contribution is -0.120. The molecule has 4 aromatic carbocycles. The fourth-order valence-corrected chi connectivity index (χ4v) is 5.30. The van der Waals surface area contributed by atoms with Crippen LogP contribution in [0.1, 0.15) is 24.1 Å². The van der Waals surface area contributed by atoms with Crippen LogP contribution in [0.25, 0.3) is 16.6 Å². The van der Waals surface area contributed by atoms with Crippen molar-refractivity contribution in [1.82, 2.24) is 15.1 Å². The number of aromatic nitrogens is 2. The fraction of sp³-hybridized carbons (Fsp3) is 0.156. The van der Waals surface area contributed by atoms with Crippen LogP contribution in [0.5, 0.6) is 0 Å². The highest BCUT2D eigenvalue weighted by molar-refractivity contribution is 6.01. The molecule has 0 spiro atoms. The van der Waals surface area contributed by atoms with E-state index in [2.05, 4.69) is 10.4 Å². The van der Waals surface area contributed by atoms with Crippen molar-refractivity contribution in [2.45, 2.75) is 25.6 Å². The largest absolute Gasteiger partial charge is 0.445 e. The van der Waals surface area contributed by atoms with Gasteiger partial charge in [-0.05, 0) is 53.6 Å². The van der Waals surface area contributed by atoms with Crippen LogP contribution in [0.15, 0.2) is 109 Å². The van der Waals surface area contributed by atoms with Crippen molar-refractivity contribution in [3.63, 3.8) is 0 Å². The number of halogens is 1. The molecule has 40 heavy (non-hydrogen) atoms. The van der Waals surface area contributed by atoms with Crippen LogP contribution < -0.4 is 10.2 Å². The molecule has 1 aliphatic rings. The Kier molecular flexibility index (Phi) is 6.74. The SMILES string of the molecule is CC1C(=O)N(c2ccc3c(cnn3-c3ccc(F)cc3)c2)C(c2ccccc2)C1NC(=O)OCc1ccccc1. The first-order valence-electron chi connectivity index (χ1n) is 13.1. The third kappa shape index (κ3) is 4.80. The minimum absolute atomic E-state index is 0.104. The molecule has 1 fully saturated rings. The molecule has 1 N–H and O–H groups in total. The van der Waals surface area contributed by atoms with Crippen LogP contribution in [0.4, 0.5) is 14.9 Å². The number of carbonyl (C=O) groups is 2. The van der Waals surface area contributed by atoms with E-state index in [4.69, 9.17) is 4.74 Å². The molecule has 1 aliphatic heterocycles. The van der Waals surface area contributed by atoms with Gasteiger partial charge < -0.3 is 15.0 Å². The highest BCUT2D eigenvalue weighted by Crippen LogP contribution is 2.41. The fourth-order valence-electron chi connectivity index (χ4n) is 5.30. The Hall–Kier alpha value is -4.98. The summed E-state index contributed by atoms with van der Waals surface area (Å²) in [7, 11) is 0. The van der Waals surface area contributed by atoms with Crippen LogP contribution in [0.2, 0.25) is 0 Å². The van der Waals surface area contributed by atoms with Gasteiger partial charge in [-0.1, -0.05) is 67.6 Å². The number of hydrogen-bond acceptors (Lipinski definition) is 4. The number of nitrogens with zero attached hydrogens (tertiary/aromatic N) is 3. The summed E-state index contributed by atoms with van der Waals surface area (Å²) >= 11 is 0. The van der Waals surface area contributed by atoms with Crippen molar-refractivity contribution in [3.05, 3.63) is 126 Å². The summed E-state index contributed by atoms with van der Waals surface area (Å²) in [4.78, 5) is 28.4. The first-order valence-corrected chi connectivity index (χ1v) is 13.1. The number of anilines is 1. The van der Waals surface area contributed by atoms with Crippen molar-refractivity contribution in [2.24, 2.45) is 5.92 Å². The lowest BCUT2D eigenvalue weighted by Crippen LogP contribution is -2.42. The molecule has 3 atom stereocenters. The summed E-state index contributed by atoms with van der Waals surface area (Å²) < 4.78 is 20.7. The minimum Gasteiger partial charge on any atom is -0.445 e. The number of rotatable bonds is 6. The molecule has 6 rings (SSSR count). The quantitative estimate of drug-likeness (QED) is 0.282. The lowest BCUT2D eigenvalue weighted by atomic mass is 9.94. The van der Waals surface area contributed by atoms with E-state index >= 15 is 0 Å². The van der Waals surface area contributed by atoms with E-state index in [1.807, 2.05) is 85.8 Å². The highest BCUT2D eigenvalue weighted by Gasteiger charge is 2.48. The maximum absolute atomic E-state index is 13.7. The van der Waals surface area contributed by atoms with Crippen LogP contribution in [0.3, 0.4) is 0 Å². The van der Waals surface area contributed by atoms with Crippen LogP contribution in [-0.2, 0) is 16.1 Å². The van der Waals surface area contributed by atoms with Gasteiger partial charge in [-0.25, -0.2) is 13.9 Å². The Labute approximate surface area is 230 Å². The van der Waals surface area contributed by atoms with E-state index in [-0.39, 0.29) is 18.3 Å². The standard InChI is InChI=1S/C32H27FN4O3/c1-21-29(35-32(39)40-20-22-8-4-2-5-9-22)30(23-10-6-3-7-11-23)36(31(21)38)27-16-17-28-24(18-27)19-34-37(28)26-14-12-25(33)13-15-26/h2-19,21,29-30H,20H2,1H3,(H,35,39). The summed E-state index contributed by atoms with van der Waals surface area (Å²) in [5, 5.41) is 8.29. The normalized spacial score (nSPS) is 18.7. The van der Waals surface area contributed by atoms with Crippen LogP contribution in [-0.4, -0.2) is 27.8 Å². The summed E-state index contributed by atoms with van der Waals surface area (Å²) in [6.07, 6.45) is 1.15. The summed E-state index contributed by atoms with van der Waals surface area (Å²) in [5.41, 5.74) is 4.03. The number of hydrogen-bond donors (Lipinski definition) is 1. The first-order chi connectivity index (χ1) is 19.5. The summed E-state index contributed by atoms with van der Waals surface area (Å²) in [6.45, 7) is 1.96. The van der Waals surface area contributed by atoms with Gasteiger partial charge >= 0.3 is 6.09 Å². The summed E-state index contributed by atoms with van der Waals surface area (Å²) in [6, 6.07) is 30.0. The highest BCUT2D eigenvalue weighted by atomic mass is 19.1. The molecule has 0 aliphatic carbocycles. The lowest BCUT2D eigenvalue weighted by Gasteiger charge is -2.29. The topological polar surface area (TPSA) is 76.5 Å². The van der Waals surface area contributed by atoms with Gasteiger partial charge in [-0.3, -0.25) is 4.79 Å². The van der Waals surface area contributed by atoms with Crippen molar-refractivity contribution >= 4 is 28.6 Å². The maximum atomic E-state index is 13.7. The zero-order chi connectivity index (χ0) is 27.6. The van der Waals surface area contributed by atoms with Gasteiger partial charge in [0.1, 0.15) is 12.4 Å². The Morgan fingerprint density at radius 3 is 2.33 bits per heavy atom. The van der Waals surface area contributed by atoms with Crippen molar-refractivity contribution < 1.29 is 18.7 Å². The third-order valence-corrected chi connectivity index (χ3v) is 7.32. The van der Waals surface area contributed by atoms with Gasteiger partial charge in [-0.15, -0.1) is 0 Å². The van der Waals surface area contributed by atoms with Gasteiger partial charge in [0.05, 0.1) is 35.4 Å². The molecule has 3 unspecified atom stereocenters. The average Bonchev–Trinajstić information content (AvgIpc) is 3.51. The number of nitrogens with one attached hydrogen (secondary N) is 1. The molecule has 5 aromatic rings. The predicted molar refractivity (Wildman–Crippen MR) is 150 cm³/mol. The van der Waals surface area contributed by atoms with E-state index in [0.717, 1.165) is 27.7 Å². The summed E-state index contributed by atoms with van der Waals surface area (Å²) in [5.74, 6) is -0.914. The van der Waals surface area contributed by atoms with Gasteiger partial charge in [0, 0.05) is 11.1 Å². The molecule has 8 heteroatoms. The average molecular weight is 535 g/mol. The van der Waals surface area contributed by atoms with Crippen molar-refractivity contribution in [3.8, 4) is 5.69 Å². The number of carbonyl (C=O) groups excluding carboxylic acids is 2. The first kappa shape index (κ1) is 25.3. The maximum Gasteiger partial charge on any atom is 0.407 e. The molecule has 1 aromatic heterocycles. The number of benzene rings is 4. The van der Waals surface area contributed by atoms with E-state index in [1.54, 1.807) is 27.9 Å². The molecule has 200 valence electrons. The number of fused-ring (bicyclic) bond motifs is 1. The monoisotopic (exact) mass is 534 g/mol.